The first-order valence-corrected chi connectivity index (χ1v) is 10.1. The summed E-state index contributed by atoms with van der Waals surface area (Å²) < 4.78 is 6.65. The molecule has 2 aromatic carbocycles. The maximum atomic E-state index is 12.8. The van der Waals surface area contributed by atoms with Gasteiger partial charge in [-0.25, -0.2) is 4.98 Å². The molecule has 0 aliphatic rings. The molecule has 6 nitrogen and oxygen atoms in total. The first-order chi connectivity index (χ1) is 13.9. The van der Waals surface area contributed by atoms with Gasteiger partial charge in [0.05, 0.1) is 12.9 Å². The quantitative estimate of drug-likeness (QED) is 0.625. The van der Waals surface area contributed by atoms with Crippen molar-refractivity contribution in [1.82, 2.24) is 9.55 Å². The van der Waals surface area contributed by atoms with Gasteiger partial charge in [-0.15, -0.1) is 0 Å². The van der Waals surface area contributed by atoms with E-state index >= 15 is 0 Å². The molecule has 3 rings (SSSR count). The van der Waals surface area contributed by atoms with Crippen molar-refractivity contribution >= 4 is 23.4 Å². The molecule has 1 aromatic heterocycles. The van der Waals surface area contributed by atoms with E-state index in [1.165, 1.54) is 4.57 Å². The molecule has 7 heteroatoms. The van der Waals surface area contributed by atoms with Gasteiger partial charge in [0.2, 0.25) is 5.91 Å². The number of nitrogens with zero attached hydrogens (tertiary/aromatic N) is 2. The van der Waals surface area contributed by atoms with Crippen LogP contribution in [0.5, 0.6) is 5.75 Å². The molecule has 1 heterocycles. The van der Waals surface area contributed by atoms with E-state index in [0.29, 0.717) is 11.4 Å². The molecule has 0 fully saturated rings. The van der Waals surface area contributed by atoms with Crippen molar-refractivity contribution in [3.63, 3.8) is 0 Å². The minimum absolute atomic E-state index is 0.0988. The Morgan fingerprint density at radius 2 is 1.79 bits per heavy atom. The summed E-state index contributed by atoms with van der Waals surface area (Å²) in [5.41, 5.74) is 4.44. The Hall–Kier alpha value is -3.06. The first-order valence-electron chi connectivity index (χ1n) is 9.11. The maximum Gasteiger partial charge on any atom is 0.287 e. The van der Waals surface area contributed by atoms with E-state index in [0.717, 1.165) is 34.1 Å². The molecule has 0 spiro atoms. The van der Waals surface area contributed by atoms with Gasteiger partial charge in [0.25, 0.3) is 5.56 Å². The minimum atomic E-state index is -0.266. The van der Waals surface area contributed by atoms with Crippen molar-refractivity contribution in [3.05, 3.63) is 75.8 Å². The van der Waals surface area contributed by atoms with Crippen LogP contribution in [0.4, 0.5) is 5.69 Å². The Morgan fingerprint density at radius 1 is 1.14 bits per heavy atom. The Balaban J connectivity index is 1.72. The average molecular weight is 410 g/mol. The third-order valence-corrected chi connectivity index (χ3v) is 5.40. The summed E-state index contributed by atoms with van der Waals surface area (Å²) in [6, 6.07) is 11.2. The third-order valence-electron chi connectivity index (χ3n) is 4.44. The summed E-state index contributed by atoms with van der Waals surface area (Å²) in [7, 11) is 1.59. The minimum Gasteiger partial charge on any atom is -0.497 e. The van der Waals surface area contributed by atoms with Gasteiger partial charge in [0.1, 0.15) is 5.75 Å². The second kappa shape index (κ2) is 8.96. The normalized spacial score (nSPS) is 10.6. The summed E-state index contributed by atoms with van der Waals surface area (Å²) >= 11 is 1.12. The van der Waals surface area contributed by atoms with Crippen LogP contribution in [0.2, 0.25) is 0 Å². The number of rotatable bonds is 6. The zero-order chi connectivity index (χ0) is 21.0. The van der Waals surface area contributed by atoms with E-state index in [2.05, 4.69) is 10.3 Å². The van der Waals surface area contributed by atoms with Crippen LogP contribution in [0, 0.1) is 20.8 Å². The van der Waals surface area contributed by atoms with Crippen LogP contribution < -0.4 is 15.6 Å². The smallest absolute Gasteiger partial charge is 0.287 e. The molecule has 1 N–H and O–H groups in total. The fourth-order valence-corrected chi connectivity index (χ4v) is 3.82. The van der Waals surface area contributed by atoms with Crippen molar-refractivity contribution in [2.24, 2.45) is 0 Å². The standard InChI is InChI=1S/C22H23N3O3S/c1-14-11-15(2)20(16(3)12-14)24-19(26)13-29-21-22(27)25(10-9-23-21)17-5-7-18(28-4)8-6-17/h5-12H,13H2,1-4H3,(H,24,26). The number of carbonyl (C=O) groups excluding carboxylic acids is 1. The molecule has 0 radical (unpaired) electrons. The Kier molecular flexibility index (Phi) is 6.39. The SMILES string of the molecule is COc1ccc(-n2ccnc(SCC(=O)Nc3c(C)cc(C)cc3C)c2=O)cc1. The van der Waals surface area contributed by atoms with E-state index in [1.807, 2.05) is 32.9 Å². The number of carbonyl (C=O) groups is 1. The topological polar surface area (TPSA) is 73.2 Å². The van der Waals surface area contributed by atoms with Gasteiger partial charge in [0, 0.05) is 23.8 Å². The zero-order valence-corrected chi connectivity index (χ0v) is 17.7. The first kappa shape index (κ1) is 20.7. The molecule has 0 bridgehead atoms. The van der Waals surface area contributed by atoms with Crippen LogP contribution in [0.1, 0.15) is 16.7 Å². The van der Waals surface area contributed by atoms with Gasteiger partial charge in [-0.3, -0.25) is 14.2 Å². The fraction of sp³-hybridized carbons (Fsp3) is 0.227. The molecule has 0 unspecified atom stereocenters. The molecule has 0 saturated carbocycles. The lowest BCUT2D eigenvalue weighted by atomic mass is 10.1. The number of nitrogens with one attached hydrogen (secondary N) is 1. The number of aryl methyl sites for hydroxylation is 3. The number of aromatic nitrogens is 2. The number of methoxy groups -OCH3 is 1. The van der Waals surface area contributed by atoms with E-state index in [9.17, 15) is 9.59 Å². The number of benzene rings is 2. The molecule has 29 heavy (non-hydrogen) atoms. The highest BCUT2D eigenvalue weighted by molar-refractivity contribution is 7.99. The lowest BCUT2D eigenvalue weighted by Crippen LogP contribution is -2.22. The van der Waals surface area contributed by atoms with Crippen LogP contribution >= 0.6 is 11.8 Å². The molecule has 0 aliphatic heterocycles. The number of ether oxygens (including phenoxy) is 1. The average Bonchev–Trinajstić information content (AvgIpc) is 2.70. The van der Waals surface area contributed by atoms with Gasteiger partial charge in [-0.05, 0) is 56.2 Å². The van der Waals surface area contributed by atoms with Gasteiger partial charge >= 0.3 is 0 Å². The second-order valence-corrected chi connectivity index (χ2v) is 7.68. The number of thioether (sulfide) groups is 1. The summed E-state index contributed by atoms with van der Waals surface area (Å²) in [4.78, 5) is 29.3. The Bertz CT molecular complexity index is 1070. The van der Waals surface area contributed by atoms with Crippen molar-refractivity contribution in [2.45, 2.75) is 25.8 Å². The largest absolute Gasteiger partial charge is 0.497 e. The summed E-state index contributed by atoms with van der Waals surface area (Å²) in [5.74, 6) is 0.636. The molecule has 3 aromatic rings. The molecule has 1 amide bonds. The number of hydrogen-bond donors (Lipinski definition) is 1. The van der Waals surface area contributed by atoms with E-state index in [-0.39, 0.29) is 22.2 Å². The highest BCUT2D eigenvalue weighted by atomic mass is 32.2. The Labute approximate surface area is 173 Å². The molecule has 0 aliphatic carbocycles. The highest BCUT2D eigenvalue weighted by Crippen LogP contribution is 2.22. The monoisotopic (exact) mass is 409 g/mol. The maximum absolute atomic E-state index is 12.8. The van der Waals surface area contributed by atoms with E-state index < -0.39 is 0 Å². The Morgan fingerprint density at radius 3 is 2.41 bits per heavy atom. The third kappa shape index (κ3) is 4.86. The fourth-order valence-electron chi connectivity index (χ4n) is 3.13. The molecule has 0 atom stereocenters. The van der Waals surface area contributed by atoms with Crippen molar-refractivity contribution in [1.29, 1.82) is 0 Å². The summed E-state index contributed by atoms with van der Waals surface area (Å²) in [6.07, 6.45) is 3.16. The lowest BCUT2D eigenvalue weighted by molar-refractivity contribution is -0.113. The highest BCUT2D eigenvalue weighted by Gasteiger charge is 2.12. The summed E-state index contributed by atoms with van der Waals surface area (Å²) in [5, 5.41) is 3.22. The molecule has 150 valence electrons. The van der Waals surface area contributed by atoms with Crippen LogP contribution in [0.15, 0.2) is 58.6 Å². The predicted octanol–water partition coefficient (Wildman–Crippen LogP) is 3.90. The molecular formula is C22H23N3O3S. The van der Waals surface area contributed by atoms with Gasteiger partial charge < -0.3 is 10.1 Å². The van der Waals surface area contributed by atoms with Crippen molar-refractivity contribution in [2.75, 3.05) is 18.2 Å². The second-order valence-electron chi connectivity index (χ2n) is 6.72. The van der Waals surface area contributed by atoms with Gasteiger partial charge in [0.15, 0.2) is 5.03 Å². The summed E-state index contributed by atoms with van der Waals surface area (Å²) in [6.45, 7) is 5.96. The van der Waals surface area contributed by atoms with Crippen LogP contribution in [-0.2, 0) is 4.79 Å². The van der Waals surface area contributed by atoms with Crippen LogP contribution in [0.25, 0.3) is 5.69 Å². The van der Waals surface area contributed by atoms with Crippen LogP contribution in [0.3, 0.4) is 0 Å². The van der Waals surface area contributed by atoms with Gasteiger partial charge in [-0.1, -0.05) is 29.5 Å². The van der Waals surface area contributed by atoms with Gasteiger partial charge in [-0.2, -0.15) is 0 Å². The molecular weight excluding hydrogens is 386 g/mol. The van der Waals surface area contributed by atoms with Crippen LogP contribution in [-0.4, -0.2) is 28.3 Å². The zero-order valence-electron chi connectivity index (χ0n) is 16.9. The lowest BCUT2D eigenvalue weighted by Gasteiger charge is -2.13. The van der Waals surface area contributed by atoms with E-state index in [1.54, 1.807) is 43.8 Å². The van der Waals surface area contributed by atoms with Crippen molar-refractivity contribution in [3.8, 4) is 11.4 Å². The van der Waals surface area contributed by atoms with Crippen molar-refractivity contribution < 1.29 is 9.53 Å². The van der Waals surface area contributed by atoms with E-state index in [4.69, 9.17) is 4.74 Å². The predicted molar refractivity (Wildman–Crippen MR) is 116 cm³/mol. The number of anilines is 1. The molecule has 0 saturated heterocycles. The number of hydrogen-bond acceptors (Lipinski definition) is 5. The number of amides is 1.